The topological polar surface area (TPSA) is 64.3 Å². The van der Waals surface area contributed by atoms with Crippen molar-refractivity contribution in [1.29, 1.82) is 0 Å². The number of nitrogen functional groups attached to an aromatic ring is 1. The van der Waals surface area contributed by atoms with E-state index in [0.29, 0.717) is 11.4 Å². The summed E-state index contributed by atoms with van der Waals surface area (Å²) in [7, 11) is 0. The van der Waals surface area contributed by atoms with Gasteiger partial charge in [-0.2, -0.15) is 0 Å². The number of nitrogens with one attached hydrogen (secondary N) is 1. The molecule has 0 atom stereocenters. The van der Waals surface area contributed by atoms with Gasteiger partial charge in [0.25, 0.3) is 0 Å². The van der Waals surface area contributed by atoms with Crippen molar-refractivity contribution in [3.8, 4) is 11.1 Å². The molecule has 124 valence electrons. The van der Waals surface area contributed by atoms with Gasteiger partial charge in [0.05, 0.1) is 24.6 Å². The van der Waals surface area contributed by atoms with E-state index in [9.17, 15) is 9.18 Å². The maximum Gasteiger partial charge on any atom is 0.227 e. The van der Waals surface area contributed by atoms with Gasteiger partial charge >= 0.3 is 0 Å². The van der Waals surface area contributed by atoms with Crippen molar-refractivity contribution in [2.45, 2.75) is 12.8 Å². The van der Waals surface area contributed by atoms with Crippen molar-refractivity contribution in [2.24, 2.45) is 11.3 Å². The third-order valence-electron chi connectivity index (χ3n) is 5.03. The molecule has 4 rings (SSSR count). The first-order chi connectivity index (χ1) is 11.5. The van der Waals surface area contributed by atoms with Gasteiger partial charge in [-0.05, 0) is 48.2 Å². The molecule has 1 aliphatic carbocycles. The first-order valence-electron chi connectivity index (χ1n) is 8.09. The van der Waals surface area contributed by atoms with Crippen LogP contribution in [0.4, 0.5) is 15.8 Å². The number of carbonyl (C=O) groups is 1. The van der Waals surface area contributed by atoms with Crippen molar-refractivity contribution in [3.05, 3.63) is 48.3 Å². The largest absolute Gasteiger partial charge is 0.397 e. The van der Waals surface area contributed by atoms with Crippen molar-refractivity contribution in [3.63, 3.8) is 0 Å². The van der Waals surface area contributed by atoms with E-state index in [-0.39, 0.29) is 23.1 Å². The fourth-order valence-corrected chi connectivity index (χ4v) is 3.52. The molecule has 1 aliphatic heterocycles. The first kappa shape index (κ1) is 15.1. The summed E-state index contributed by atoms with van der Waals surface area (Å²) < 4.78 is 18.3. The lowest BCUT2D eigenvalue weighted by Gasteiger charge is -2.52. The van der Waals surface area contributed by atoms with Gasteiger partial charge in [-0.25, -0.2) is 4.39 Å². The van der Waals surface area contributed by atoms with Crippen LogP contribution < -0.4 is 11.1 Å². The monoisotopic (exact) mass is 326 g/mol. The average molecular weight is 326 g/mol. The highest BCUT2D eigenvalue weighted by atomic mass is 19.1. The summed E-state index contributed by atoms with van der Waals surface area (Å²) in [6.07, 6.45) is 1.77. The lowest BCUT2D eigenvalue weighted by molar-refractivity contribution is -0.181. The number of carbonyl (C=O) groups excluding carboxylic acids is 1. The highest BCUT2D eigenvalue weighted by Crippen LogP contribution is 2.51. The first-order valence-corrected chi connectivity index (χ1v) is 8.09. The van der Waals surface area contributed by atoms with Gasteiger partial charge in [0.15, 0.2) is 0 Å². The fraction of sp³-hybridized carbons (Fsp3) is 0.316. The Kier molecular flexibility index (Phi) is 3.53. The Bertz CT molecular complexity index is 776. The van der Waals surface area contributed by atoms with E-state index in [1.807, 2.05) is 12.1 Å². The number of halogens is 1. The lowest BCUT2D eigenvalue weighted by Crippen LogP contribution is -2.54. The zero-order valence-electron chi connectivity index (χ0n) is 13.2. The molecule has 3 N–H and O–H groups in total. The molecule has 2 aliphatic rings. The molecule has 1 amide bonds. The molecule has 2 aromatic rings. The second-order valence-electron chi connectivity index (χ2n) is 6.90. The fourth-order valence-electron chi connectivity index (χ4n) is 3.52. The van der Waals surface area contributed by atoms with Gasteiger partial charge in [0.1, 0.15) is 5.82 Å². The lowest BCUT2D eigenvalue weighted by atomic mass is 9.60. The predicted octanol–water partition coefficient (Wildman–Crippen LogP) is 3.44. The molecule has 24 heavy (non-hydrogen) atoms. The minimum absolute atomic E-state index is 0.00970. The SMILES string of the molecule is Nc1ccc(-c2ccc(F)cc2)cc1NC(=O)C1CC2(COC2)C1. The van der Waals surface area contributed by atoms with Gasteiger partial charge in [-0.1, -0.05) is 18.2 Å². The number of anilines is 2. The second kappa shape index (κ2) is 5.60. The zero-order valence-corrected chi connectivity index (χ0v) is 13.2. The number of benzene rings is 2. The Morgan fingerprint density at radius 2 is 1.79 bits per heavy atom. The van der Waals surface area contributed by atoms with Crippen LogP contribution >= 0.6 is 0 Å². The molecule has 2 aromatic carbocycles. The molecule has 2 fully saturated rings. The molecule has 0 radical (unpaired) electrons. The van der Waals surface area contributed by atoms with E-state index in [1.54, 1.807) is 18.2 Å². The quantitative estimate of drug-likeness (QED) is 0.849. The van der Waals surface area contributed by atoms with E-state index in [4.69, 9.17) is 10.5 Å². The number of rotatable bonds is 3. The van der Waals surface area contributed by atoms with Crippen molar-refractivity contribution < 1.29 is 13.9 Å². The molecule has 1 saturated heterocycles. The Morgan fingerprint density at radius 1 is 1.12 bits per heavy atom. The number of nitrogens with two attached hydrogens (primary N) is 1. The Balaban J connectivity index is 1.49. The molecule has 0 bridgehead atoms. The van der Waals surface area contributed by atoms with Crippen LogP contribution in [-0.2, 0) is 9.53 Å². The maximum absolute atomic E-state index is 13.1. The van der Waals surface area contributed by atoms with Crippen LogP contribution in [0.3, 0.4) is 0 Å². The van der Waals surface area contributed by atoms with Gasteiger partial charge in [-0.15, -0.1) is 0 Å². The summed E-state index contributed by atoms with van der Waals surface area (Å²) in [6.45, 7) is 1.55. The van der Waals surface area contributed by atoms with Crippen LogP contribution in [0.5, 0.6) is 0 Å². The molecule has 1 heterocycles. The summed E-state index contributed by atoms with van der Waals surface area (Å²) >= 11 is 0. The summed E-state index contributed by atoms with van der Waals surface area (Å²) in [5, 5.41) is 2.94. The number of ether oxygens (including phenoxy) is 1. The zero-order chi connectivity index (χ0) is 16.7. The van der Waals surface area contributed by atoms with Gasteiger partial charge in [0.2, 0.25) is 5.91 Å². The average Bonchev–Trinajstić information content (AvgIpc) is 2.47. The normalized spacial score (nSPS) is 18.7. The van der Waals surface area contributed by atoms with Crippen molar-refractivity contribution in [1.82, 2.24) is 0 Å². The number of hydrogen-bond donors (Lipinski definition) is 2. The van der Waals surface area contributed by atoms with Gasteiger partial charge in [0, 0.05) is 11.3 Å². The van der Waals surface area contributed by atoms with Gasteiger partial charge < -0.3 is 15.8 Å². The highest BCUT2D eigenvalue weighted by molar-refractivity contribution is 5.97. The minimum atomic E-state index is -0.276. The summed E-state index contributed by atoms with van der Waals surface area (Å²) in [4.78, 5) is 12.4. The van der Waals surface area contributed by atoms with Crippen LogP contribution in [-0.4, -0.2) is 19.1 Å². The molecular formula is C19H19FN2O2. The highest BCUT2D eigenvalue weighted by Gasteiger charge is 2.52. The van der Waals surface area contributed by atoms with E-state index >= 15 is 0 Å². The molecule has 0 aromatic heterocycles. The third-order valence-corrected chi connectivity index (χ3v) is 5.03. The standard InChI is InChI=1S/C19H19FN2O2/c20-15-4-1-12(2-5-15)13-3-6-16(21)17(7-13)22-18(23)14-8-19(9-14)10-24-11-19/h1-7,14H,8-11,21H2,(H,22,23). The smallest absolute Gasteiger partial charge is 0.227 e. The Labute approximate surface area is 139 Å². The summed E-state index contributed by atoms with van der Waals surface area (Å²) in [5.41, 5.74) is 9.14. The van der Waals surface area contributed by atoms with Crippen LogP contribution in [0.2, 0.25) is 0 Å². The van der Waals surface area contributed by atoms with E-state index in [1.165, 1.54) is 12.1 Å². The maximum atomic E-state index is 13.1. The Hall–Kier alpha value is -2.40. The molecule has 5 heteroatoms. The second-order valence-corrected chi connectivity index (χ2v) is 6.90. The van der Waals surface area contributed by atoms with Gasteiger partial charge in [-0.3, -0.25) is 4.79 Å². The summed E-state index contributed by atoms with van der Waals surface area (Å²) in [5.74, 6) is -0.236. The van der Waals surface area contributed by atoms with E-state index in [2.05, 4.69) is 5.32 Å². The van der Waals surface area contributed by atoms with Crippen molar-refractivity contribution in [2.75, 3.05) is 24.3 Å². The van der Waals surface area contributed by atoms with Crippen molar-refractivity contribution >= 4 is 17.3 Å². The number of amides is 1. The summed E-state index contributed by atoms with van der Waals surface area (Å²) in [6, 6.07) is 11.7. The molecule has 1 spiro atoms. The Morgan fingerprint density at radius 3 is 2.42 bits per heavy atom. The van der Waals surface area contributed by atoms with Crippen LogP contribution in [0.15, 0.2) is 42.5 Å². The van der Waals surface area contributed by atoms with Crippen LogP contribution in [0, 0.1) is 17.2 Å². The van der Waals surface area contributed by atoms with Crippen LogP contribution in [0.1, 0.15) is 12.8 Å². The third kappa shape index (κ3) is 2.65. The molecule has 0 unspecified atom stereocenters. The molecule has 1 saturated carbocycles. The van der Waals surface area contributed by atoms with Crippen LogP contribution in [0.25, 0.3) is 11.1 Å². The number of hydrogen-bond acceptors (Lipinski definition) is 3. The van der Waals surface area contributed by atoms with E-state index < -0.39 is 0 Å². The minimum Gasteiger partial charge on any atom is -0.397 e. The molecule has 4 nitrogen and oxygen atoms in total. The molecular weight excluding hydrogens is 307 g/mol. The predicted molar refractivity (Wildman–Crippen MR) is 90.9 cm³/mol. The van der Waals surface area contributed by atoms with E-state index in [0.717, 1.165) is 37.2 Å².